The number of nitrogens with zero attached hydrogens (tertiary/aromatic N) is 2. The lowest BCUT2D eigenvalue weighted by Gasteiger charge is -2.12. The number of non-ortho nitro benzene ring substituents is 1. The summed E-state index contributed by atoms with van der Waals surface area (Å²) < 4.78 is 41.8. The molecule has 1 aromatic heterocycles. The summed E-state index contributed by atoms with van der Waals surface area (Å²) in [6.07, 6.45) is 0. The fourth-order valence-electron chi connectivity index (χ4n) is 2.85. The molecule has 0 bridgehead atoms. The monoisotopic (exact) mass is 426 g/mol. The van der Waals surface area contributed by atoms with Crippen molar-refractivity contribution in [1.29, 1.82) is 0 Å². The Bertz CT molecular complexity index is 1330. The number of benzene rings is 3. The van der Waals surface area contributed by atoms with Gasteiger partial charge in [0, 0.05) is 12.1 Å². The second kappa shape index (κ2) is 7.48. The zero-order valence-electron chi connectivity index (χ0n) is 15.5. The summed E-state index contributed by atoms with van der Waals surface area (Å²) in [5.74, 6) is -0.0778. The van der Waals surface area contributed by atoms with Crippen LogP contribution in [0.5, 0.6) is 11.5 Å². The lowest BCUT2D eigenvalue weighted by Crippen LogP contribution is -2.12. The van der Waals surface area contributed by atoms with Gasteiger partial charge in [0.25, 0.3) is 5.69 Å². The zero-order chi connectivity index (χ0) is 21.3. The number of hydrogen-bond acceptors (Lipinski definition) is 8. The van der Waals surface area contributed by atoms with Crippen LogP contribution in [0.25, 0.3) is 22.6 Å². The number of ether oxygens (including phenoxy) is 1. The number of aromatic nitrogens is 1. The third-order valence-electron chi connectivity index (χ3n) is 4.24. The van der Waals surface area contributed by atoms with Crippen LogP contribution in [0.3, 0.4) is 0 Å². The van der Waals surface area contributed by atoms with E-state index in [1.807, 2.05) is 0 Å². The molecule has 0 fully saturated rings. The first-order valence-electron chi connectivity index (χ1n) is 8.61. The molecule has 152 valence electrons. The van der Waals surface area contributed by atoms with Crippen LogP contribution < -0.4 is 8.92 Å². The highest BCUT2D eigenvalue weighted by molar-refractivity contribution is 7.87. The molecule has 4 aromatic rings. The van der Waals surface area contributed by atoms with Gasteiger partial charge in [0.1, 0.15) is 16.2 Å². The summed E-state index contributed by atoms with van der Waals surface area (Å²) in [5, 5.41) is 11.2. The van der Waals surface area contributed by atoms with E-state index in [9.17, 15) is 18.5 Å². The van der Waals surface area contributed by atoms with E-state index >= 15 is 0 Å². The van der Waals surface area contributed by atoms with E-state index < -0.39 is 15.0 Å². The lowest BCUT2D eigenvalue weighted by molar-refractivity contribution is -0.384. The standard InChI is InChI=1S/C20H14N2O7S/c1-27-18-8-4-5-9-19(18)30(25,26)29-16-11-10-13(22(23)24)12-14(16)20-21-15-6-2-3-7-17(15)28-20/h2-12H,1H3. The molecule has 0 unspecified atom stereocenters. The summed E-state index contributed by atoms with van der Waals surface area (Å²) >= 11 is 0. The second-order valence-corrected chi connectivity index (χ2v) is 7.63. The number of oxazole rings is 1. The Morgan fingerprint density at radius 1 is 1.00 bits per heavy atom. The van der Waals surface area contributed by atoms with Gasteiger partial charge < -0.3 is 13.3 Å². The quantitative estimate of drug-likeness (QED) is 0.256. The minimum atomic E-state index is -4.31. The van der Waals surface area contributed by atoms with Gasteiger partial charge >= 0.3 is 10.1 Å². The van der Waals surface area contributed by atoms with Gasteiger partial charge in [0.15, 0.2) is 11.3 Å². The predicted octanol–water partition coefficient (Wildman–Crippen LogP) is 4.18. The lowest BCUT2D eigenvalue weighted by atomic mass is 10.2. The highest BCUT2D eigenvalue weighted by Gasteiger charge is 2.26. The fraction of sp³-hybridized carbons (Fsp3) is 0.0500. The van der Waals surface area contributed by atoms with Crippen LogP contribution in [-0.2, 0) is 10.1 Å². The Morgan fingerprint density at radius 2 is 1.73 bits per heavy atom. The number of nitro groups is 1. The smallest absolute Gasteiger partial charge is 0.342 e. The van der Waals surface area contributed by atoms with Crippen LogP contribution in [0, 0.1) is 10.1 Å². The molecule has 0 saturated carbocycles. The Balaban J connectivity index is 1.84. The first kappa shape index (κ1) is 19.4. The molecule has 0 aliphatic carbocycles. The molecule has 0 amide bonds. The molecule has 1 heterocycles. The van der Waals surface area contributed by atoms with Crippen molar-refractivity contribution in [2.24, 2.45) is 0 Å². The Kier molecular flexibility index (Phi) is 4.84. The van der Waals surface area contributed by atoms with E-state index in [4.69, 9.17) is 13.3 Å². The molecule has 3 aromatic carbocycles. The maximum atomic E-state index is 12.9. The van der Waals surface area contributed by atoms with Gasteiger partial charge in [-0.15, -0.1) is 0 Å². The van der Waals surface area contributed by atoms with Gasteiger partial charge in [-0.25, -0.2) is 4.98 Å². The zero-order valence-corrected chi connectivity index (χ0v) is 16.3. The molecule has 4 rings (SSSR count). The molecular weight excluding hydrogens is 412 g/mol. The highest BCUT2D eigenvalue weighted by Crippen LogP contribution is 2.37. The van der Waals surface area contributed by atoms with Gasteiger partial charge in [-0.05, 0) is 30.3 Å². The summed E-state index contributed by atoms with van der Waals surface area (Å²) in [6.45, 7) is 0. The molecule has 9 nitrogen and oxygen atoms in total. The fourth-order valence-corrected chi connectivity index (χ4v) is 3.96. The normalized spacial score (nSPS) is 11.4. The van der Waals surface area contributed by atoms with Crippen molar-refractivity contribution in [1.82, 2.24) is 4.98 Å². The van der Waals surface area contributed by atoms with Crippen molar-refractivity contribution >= 4 is 26.9 Å². The third kappa shape index (κ3) is 3.55. The molecular formula is C20H14N2O7S. The van der Waals surface area contributed by atoms with Crippen molar-refractivity contribution in [2.45, 2.75) is 4.90 Å². The van der Waals surface area contributed by atoms with E-state index in [0.29, 0.717) is 11.1 Å². The molecule has 0 aliphatic heterocycles. The number of fused-ring (bicyclic) bond motifs is 1. The van der Waals surface area contributed by atoms with Crippen LogP contribution in [-0.4, -0.2) is 25.4 Å². The number of para-hydroxylation sites is 3. The molecule has 0 N–H and O–H groups in total. The van der Waals surface area contributed by atoms with E-state index in [0.717, 1.165) is 12.1 Å². The number of hydrogen-bond donors (Lipinski definition) is 0. The minimum Gasteiger partial charge on any atom is -0.495 e. The van der Waals surface area contributed by atoms with Gasteiger partial charge in [-0.3, -0.25) is 10.1 Å². The van der Waals surface area contributed by atoms with Gasteiger partial charge in [-0.2, -0.15) is 8.42 Å². The van der Waals surface area contributed by atoms with E-state index in [-0.39, 0.29) is 33.5 Å². The van der Waals surface area contributed by atoms with Gasteiger partial charge in [0.2, 0.25) is 5.89 Å². The van der Waals surface area contributed by atoms with Crippen LogP contribution in [0.15, 0.2) is 76.0 Å². The summed E-state index contributed by atoms with van der Waals surface area (Å²) in [5.41, 5.74) is 0.711. The number of nitro benzene ring substituents is 1. The summed E-state index contributed by atoms with van der Waals surface area (Å²) in [6, 6.07) is 16.3. The van der Waals surface area contributed by atoms with E-state index in [1.54, 1.807) is 30.3 Å². The SMILES string of the molecule is COc1ccccc1S(=O)(=O)Oc1ccc([N+](=O)[O-])cc1-c1nc2ccccc2o1. The largest absolute Gasteiger partial charge is 0.495 e. The Hall–Kier alpha value is -3.92. The van der Waals surface area contributed by atoms with Crippen LogP contribution in [0.2, 0.25) is 0 Å². The van der Waals surface area contributed by atoms with Crippen LogP contribution in [0.4, 0.5) is 5.69 Å². The van der Waals surface area contributed by atoms with Crippen molar-refractivity contribution in [3.8, 4) is 23.0 Å². The first-order valence-corrected chi connectivity index (χ1v) is 10.0. The van der Waals surface area contributed by atoms with Crippen LogP contribution in [0.1, 0.15) is 0 Å². The maximum absolute atomic E-state index is 12.9. The van der Waals surface area contributed by atoms with Gasteiger partial charge in [-0.1, -0.05) is 24.3 Å². The van der Waals surface area contributed by atoms with Gasteiger partial charge in [0.05, 0.1) is 17.6 Å². The third-order valence-corrected chi connectivity index (χ3v) is 5.51. The molecule has 10 heteroatoms. The summed E-state index contributed by atoms with van der Waals surface area (Å²) in [7, 11) is -2.98. The van der Waals surface area contributed by atoms with Crippen molar-refractivity contribution in [2.75, 3.05) is 7.11 Å². The van der Waals surface area contributed by atoms with E-state index in [1.165, 1.54) is 31.4 Å². The number of rotatable bonds is 6. The average molecular weight is 426 g/mol. The van der Waals surface area contributed by atoms with Crippen LogP contribution >= 0.6 is 0 Å². The van der Waals surface area contributed by atoms with Crippen molar-refractivity contribution in [3.63, 3.8) is 0 Å². The van der Waals surface area contributed by atoms with Crippen molar-refractivity contribution < 1.29 is 26.7 Å². The first-order chi connectivity index (χ1) is 14.4. The highest BCUT2D eigenvalue weighted by atomic mass is 32.2. The van der Waals surface area contributed by atoms with E-state index in [2.05, 4.69) is 4.98 Å². The number of methoxy groups -OCH3 is 1. The molecule has 0 spiro atoms. The predicted molar refractivity (Wildman–Crippen MR) is 107 cm³/mol. The molecule has 0 saturated heterocycles. The average Bonchev–Trinajstić information content (AvgIpc) is 3.17. The Morgan fingerprint density at radius 3 is 2.47 bits per heavy atom. The molecule has 30 heavy (non-hydrogen) atoms. The van der Waals surface area contributed by atoms with Crippen molar-refractivity contribution in [3.05, 3.63) is 76.8 Å². The maximum Gasteiger partial charge on any atom is 0.342 e. The minimum absolute atomic E-state index is 0.00914. The second-order valence-electron chi connectivity index (χ2n) is 6.11. The molecule has 0 radical (unpaired) electrons. The Labute approximate surface area is 170 Å². The summed E-state index contributed by atoms with van der Waals surface area (Å²) in [4.78, 5) is 14.7. The molecule has 0 atom stereocenters. The topological polar surface area (TPSA) is 122 Å². The molecule has 0 aliphatic rings.